The quantitative estimate of drug-likeness (QED) is 0.634. The van der Waals surface area contributed by atoms with E-state index >= 15 is 0 Å². The number of amides is 3. The third kappa shape index (κ3) is 4.07. The summed E-state index contributed by atoms with van der Waals surface area (Å²) in [5.41, 5.74) is 0.548. The maximum absolute atomic E-state index is 13.6. The van der Waals surface area contributed by atoms with Crippen LogP contribution in [0.2, 0.25) is 5.02 Å². The number of benzene rings is 2. The lowest BCUT2D eigenvalue weighted by Crippen LogP contribution is -2.35. The third-order valence-electron chi connectivity index (χ3n) is 3.40. The minimum atomic E-state index is -1.16. The number of rotatable bonds is 3. The molecule has 0 aliphatic rings. The maximum Gasteiger partial charge on any atom is 0.326 e. The molecule has 3 aromatic rings. The summed E-state index contributed by atoms with van der Waals surface area (Å²) >= 11 is 7.23. The van der Waals surface area contributed by atoms with E-state index in [1.807, 2.05) is 17.4 Å². The summed E-state index contributed by atoms with van der Waals surface area (Å²) < 4.78 is 27.1. The molecule has 0 bridgehead atoms. The van der Waals surface area contributed by atoms with Crippen LogP contribution in [0.3, 0.4) is 0 Å². The molecular weight excluding hydrogens is 382 g/mol. The predicted octanol–water partition coefficient (Wildman–Crippen LogP) is 5.31. The van der Waals surface area contributed by atoms with Gasteiger partial charge < -0.3 is 5.32 Å². The van der Waals surface area contributed by atoms with Gasteiger partial charge in [0.15, 0.2) is 0 Å². The maximum atomic E-state index is 13.6. The van der Waals surface area contributed by atoms with Gasteiger partial charge in [-0.1, -0.05) is 29.8 Å². The molecule has 2 N–H and O–H groups in total. The molecule has 132 valence electrons. The normalized spacial score (nSPS) is 10.4. The lowest BCUT2D eigenvalue weighted by molar-refractivity contribution is 0.0959. The summed E-state index contributed by atoms with van der Waals surface area (Å²) in [5, 5.41) is 6.64. The van der Waals surface area contributed by atoms with Gasteiger partial charge in [0.1, 0.15) is 17.2 Å². The van der Waals surface area contributed by atoms with Gasteiger partial charge in [0.2, 0.25) is 0 Å². The topological polar surface area (TPSA) is 58.2 Å². The van der Waals surface area contributed by atoms with Crippen molar-refractivity contribution in [3.05, 3.63) is 76.1 Å². The summed E-state index contributed by atoms with van der Waals surface area (Å²) in [5.74, 6) is -3.25. The van der Waals surface area contributed by atoms with E-state index in [4.69, 9.17) is 11.6 Å². The molecule has 0 spiro atoms. The van der Waals surface area contributed by atoms with E-state index in [-0.39, 0.29) is 0 Å². The molecular formula is C18H11ClF2N2O2S. The number of carbonyl (C=O) groups excluding carboxylic acids is 2. The average Bonchev–Trinajstić information content (AvgIpc) is 3.03. The molecule has 0 unspecified atom stereocenters. The van der Waals surface area contributed by atoms with Crippen LogP contribution in [0.15, 0.2) is 53.9 Å². The Morgan fingerprint density at radius 2 is 1.65 bits per heavy atom. The first kappa shape index (κ1) is 18.0. The van der Waals surface area contributed by atoms with Crippen LogP contribution in [0.25, 0.3) is 10.4 Å². The molecule has 3 amide bonds. The predicted molar refractivity (Wildman–Crippen MR) is 97.6 cm³/mol. The highest BCUT2D eigenvalue weighted by Crippen LogP contribution is 2.30. The Labute approximate surface area is 156 Å². The highest BCUT2D eigenvalue weighted by atomic mass is 35.5. The number of imide groups is 1. The number of hydrogen-bond donors (Lipinski definition) is 2. The van der Waals surface area contributed by atoms with Crippen LogP contribution >= 0.6 is 22.9 Å². The van der Waals surface area contributed by atoms with Gasteiger partial charge in [0.25, 0.3) is 5.91 Å². The Kier molecular flexibility index (Phi) is 5.29. The van der Waals surface area contributed by atoms with Crippen molar-refractivity contribution in [3.63, 3.8) is 0 Å². The SMILES string of the molecule is O=C(NC(=O)c1c(F)cccc1F)Nc1csc(-c2ccc(Cl)cc2)c1. The van der Waals surface area contributed by atoms with E-state index in [1.54, 1.807) is 23.6 Å². The van der Waals surface area contributed by atoms with E-state index in [0.717, 1.165) is 28.6 Å². The molecule has 26 heavy (non-hydrogen) atoms. The minimum Gasteiger partial charge on any atom is -0.307 e. The highest BCUT2D eigenvalue weighted by molar-refractivity contribution is 7.14. The monoisotopic (exact) mass is 392 g/mol. The van der Waals surface area contributed by atoms with Crippen LogP contribution in [0.5, 0.6) is 0 Å². The number of halogens is 3. The molecule has 0 aliphatic carbocycles. The highest BCUT2D eigenvalue weighted by Gasteiger charge is 2.19. The second kappa shape index (κ2) is 7.63. The zero-order valence-corrected chi connectivity index (χ0v) is 14.6. The largest absolute Gasteiger partial charge is 0.326 e. The number of nitrogens with one attached hydrogen (secondary N) is 2. The molecule has 3 rings (SSSR count). The standard InChI is InChI=1S/C18H11ClF2N2O2S/c19-11-6-4-10(5-7-11)15-8-12(9-26-15)22-18(25)23-17(24)16-13(20)2-1-3-14(16)21/h1-9H,(H2,22,23,24,25). The lowest BCUT2D eigenvalue weighted by atomic mass is 10.2. The molecule has 1 heterocycles. The fourth-order valence-electron chi connectivity index (χ4n) is 2.21. The van der Waals surface area contributed by atoms with Gasteiger partial charge in [-0.25, -0.2) is 13.6 Å². The molecule has 2 aromatic carbocycles. The molecule has 0 fully saturated rings. The van der Waals surface area contributed by atoms with Gasteiger partial charge in [0, 0.05) is 15.3 Å². The Bertz CT molecular complexity index is 953. The molecule has 8 heteroatoms. The number of anilines is 1. The Morgan fingerprint density at radius 3 is 2.31 bits per heavy atom. The van der Waals surface area contributed by atoms with E-state index in [1.165, 1.54) is 11.3 Å². The summed E-state index contributed by atoms with van der Waals surface area (Å²) in [6.45, 7) is 0. The summed E-state index contributed by atoms with van der Waals surface area (Å²) in [6, 6.07) is 11.0. The minimum absolute atomic E-state index is 0.444. The smallest absolute Gasteiger partial charge is 0.307 e. The number of hydrogen-bond acceptors (Lipinski definition) is 3. The van der Waals surface area contributed by atoms with Crippen molar-refractivity contribution in [2.75, 3.05) is 5.32 Å². The molecule has 4 nitrogen and oxygen atoms in total. The Balaban J connectivity index is 1.67. The van der Waals surface area contributed by atoms with Gasteiger partial charge in [0.05, 0.1) is 5.69 Å². The van der Waals surface area contributed by atoms with E-state index in [9.17, 15) is 18.4 Å². The average molecular weight is 393 g/mol. The molecule has 0 aliphatic heterocycles. The van der Waals surface area contributed by atoms with Crippen molar-refractivity contribution in [2.45, 2.75) is 0 Å². The van der Waals surface area contributed by atoms with Crippen LogP contribution in [0, 0.1) is 11.6 Å². The van der Waals surface area contributed by atoms with Crippen LogP contribution in [-0.4, -0.2) is 11.9 Å². The van der Waals surface area contributed by atoms with Crippen molar-refractivity contribution in [1.82, 2.24) is 5.32 Å². The van der Waals surface area contributed by atoms with Crippen LogP contribution in [0.1, 0.15) is 10.4 Å². The Hall–Kier alpha value is -2.77. The second-order valence-corrected chi connectivity index (χ2v) is 6.56. The van der Waals surface area contributed by atoms with Gasteiger partial charge in [-0.2, -0.15) is 0 Å². The first-order chi connectivity index (χ1) is 12.4. The van der Waals surface area contributed by atoms with Crippen molar-refractivity contribution in [3.8, 4) is 10.4 Å². The van der Waals surface area contributed by atoms with Gasteiger partial charge in [-0.3, -0.25) is 10.1 Å². The zero-order chi connectivity index (χ0) is 18.7. The van der Waals surface area contributed by atoms with Crippen LogP contribution in [0.4, 0.5) is 19.3 Å². The van der Waals surface area contributed by atoms with Gasteiger partial charge >= 0.3 is 6.03 Å². The van der Waals surface area contributed by atoms with Crippen molar-refractivity contribution in [1.29, 1.82) is 0 Å². The van der Waals surface area contributed by atoms with Crippen molar-refractivity contribution in [2.24, 2.45) is 0 Å². The van der Waals surface area contributed by atoms with E-state index < -0.39 is 29.1 Å². The van der Waals surface area contributed by atoms with Crippen molar-refractivity contribution >= 4 is 40.6 Å². The van der Waals surface area contributed by atoms with Gasteiger partial charge in [-0.15, -0.1) is 11.3 Å². The van der Waals surface area contributed by atoms with E-state index in [2.05, 4.69) is 5.32 Å². The molecule has 0 radical (unpaired) electrons. The zero-order valence-electron chi connectivity index (χ0n) is 13.1. The van der Waals surface area contributed by atoms with Crippen molar-refractivity contribution < 1.29 is 18.4 Å². The van der Waals surface area contributed by atoms with Gasteiger partial charge in [-0.05, 0) is 35.9 Å². The molecule has 1 aromatic heterocycles. The summed E-state index contributed by atoms with van der Waals surface area (Å²) in [4.78, 5) is 24.7. The van der Waals surface area contributed by atoms with Crippen LogP contribution in [-0.2, 0) is 0 Å². The second-order valence-electron chi connectivity index (χ2n) is 5.21. The summed E-state index contributed by atoms with van der Waals surface area (Å²) in [6.07, 6.45) is 0. The van der Waals surface area contributed by atoms with E-state index in [0.29, 0.717) is 10.7 Å². The first-order valence-electron chi connectivity index (χ1n) is 7.35. The first-order valence-corrected chi connectivity index (χ1v) is 8.60. The molecule has 0 saturated heterocycles. The Morgan fingerprint density at radius 1 is 1.00 bits per heavy atom. The van der Waals surface area contributed by atoms with Crippen LogP contribution < -0.4 is 10.6 Å². The fourth-order valence-corrected chi connectivity index (χ4v) is 3.18. The lowest BCUT2D eigenvalue weighted by Gasteiger charge is -2.06. The third-order valence-corrected chi connectivity index (χ3v) is 4.63. The number of urea groups is 1. The molecule has 0 saturated carbocycles. The fraction of sp³-hybridized carbons (Fsp3) is 0. The molecule has 0 atom stereocenters. The number of carbonyl (C=O) groups is 2. The summed E-state index contributed by atoms with van der Waals surface area (Å²) in [7, 11) is 0. The number of thiophene rings is 1.